The summed E-state index contributed by atoms with van der Waals surface area (Å²) >= 11 is 0. The fraction of sp³-hybridized carbons (Fsp3) is 0.294. The first-order chi connectivity index (χ1) is 11.7. The van der Waals surface area contributed by atoms with E-state index >= 15 is 0 Å². The van der Waals surface area contributed by atoms with Gasteiger partial charge in [-0.05, 0) is 31.2 Å². The van der Waals surface area contributed by atoms with E-state index in [1.54, 1.807) is 18.5 Å². The Morgan fingerprint density at radius 2 is 1.88 bits per heavy atom. The fourth-order valence-electron chi connectivity index (χ4n) is 3.02. The number of aryl methyl sites for hydroxylation is 1. The average molecular weight is 322 g/mol. The van der Waals surface area contributed by atoms with Crippen LogP contribution in [0.1, 0.15) is 16.2 Å². The molecule has 4 rings (SSSR count). The molecule has 1 aliphatic heterocycles. The highest BCUT2D eigenvalue weighted by Gasteiger charge is 2.23. The highest BCUT2D eigenvalue weighted by atomic mass is 16.2. The second-order valence-electron chi connectivity index (χ2n) is 5.88. The van der Waals surface area contributed by atoms with Crippen molar-refractivity contribution in [3.05, 3.63) is 48.0 Å². The van der Waals surface area contributed by atoms with Crippen LogP contribution in [0.3, 0.4) is 0 Å². The zero-order valence-electron chi connectivity index (χ0n) is 13.4. The molecule has 1 aliphatic rings. The number of hydrogen-bond acceptors (Lipinski definition) is 5. The first-order valence-corrected chi connectivity index (χ1v) is 7.98. The predicted molar refractivity (Wildman–Crippen MR) is 91.0 cm³/mol. The molecule has 24 heavy (non-hydrogen) atoms. The number of benzene rings is 1. The van der Waals surface area contributed by atoms with Crippen LogP contribution in [0.5, 0.6) is 0 Å². The largest absolute Gasteiger partial charge is 0.342 e. The summed E-state index contributed by atoms with van der Waals surface area (Å²) < 4.78 is 0. The Morgan fingerprint density at radius 1 is 1.12 bits per heavy atom. The van der Waals surface area contributed by atoms with Gasteiger partial charge in [0.05, 0.1) is 11.0 Å². The maximum Gasteiger partial charge on any atom is 0.254 e. The smallest absolute Gasteiger partial charge is 0.254 e. The molecule has 0 unspecified atom stereocenters. The molecule has 1 amide bonds. The molecular formula is C17H18N6O. The third kappa shape index (κ3) is 2.68. The number of imidazole rings is 1. The van der Waals surface area contributed by atoms with Crippen molar-refractivity contribution in [2.24, 2.45) is 0 Å². The monoisotopic (exact) mass is 322 g/mol. The van der Waals surface area contributed by atoms with Crippen molar-refractivity contribution in [2.75, 3.05) is 31.1 Å². The van der Waals surface area contributed by atoms with Crippen LogP contribution in [0, 0.1) is 6.92 Å². The maximum absolute atomic E-state index is 12.7. The molecule has 7 nitrogen and oxygen atoms in total. The molecule has 0 atom stereocenters. The first-order valence-electron chi connectivity index (χ1n) is 7.98. The Bertz CT molecular complexity index is 867. The van der Waals surface area contributed by atoms with Gasteiger partial charge in [0, 0.05) is 44.1 Å². The van der Waals surface area contributed by atoms with Gasteiger partial charge in [-0.15, -0.1) is 0 Å². The number of piperazine rings is 1. The second-order valence-corrected chi connectivity index (χ2v) is 5.88. The molecule has 2 aromatic heterocycles. The molecule has 0 spiro atoms. The zero-order valence-corrected chi connectivity index (χ0v) is 13.4. The number of nitrogens with one attached hydrogen (secondary N) is 1. The number of fused-ring (bicyclic) bond motifs is 1. The summed E-state index contributed by atoms with van der Waals surface area (Å²) in [6, 6.07) is 7.42. The molecule has 3 heterocycles. The highest BCUT2D eigenvalue weighted by Crippen LogP contribution is 2.17. The van der Waals surface area contributed by atoms with Crippen LogP contribution in [0.2, 0.25) is 0 Å². The Balaban J connectivity index is 1.47. The van der Waals surface area contributed by atoms with Crippen LogP contribution in [-0.4, -0.2) is 56.9 Å². The Labute approximate surface area is 139 Å². The number of aromatic nitrogens is 4. The van der Waals surface area contributed by atoms with Gasteiger partial charge in [0.2, 0.25) is 5.95 Å². The Hall–Kier alpha value is -2.96. The second kappa shape index (κ2) is 5.92. The topological polar surface area (TPSA) is 78.0 Å². The minimum absolute atomic E-state index is 0.0535. The highest BCUT2D eigenvalue weighted by molar-refractivity contribution is 5.97. The van der Waals surface area contributed by atoms with Gasteiger partial charge in [-0.25, -0.2) is 15.0 Å². The summed E-state index contributed by atoms with van der Waals surface area (Å²) in [5.41, 5.74) is 2.47. The third-order valence-electron chi connectivity index (χ3n) is 4.25. The van der Waals surface area contributed by atoms with Gasteiger partial charge in [0.15, 0.2) is 0 Å². The molecule has 0 saturated carbocycles. The number of carbonyl (C=O) groups excluding carboxylic acids is 1. The van der Waals surface area contributed by atoms with Crippen molar-refractivity contribution in [2.45, 2.75) is 6.92 Å². The van der Waals surface area contributed by atoms with E-state index in [1.807, 2.05) is 30.0 Å². The maximum atomic E-state index is 12.7. The molecule has 1 fully saturated rings. The van der Waals surface area contributed by atoms with E-state index in [2.05, 4.69) is 24.8 Å². The van der Waals surface area contributed by atoms with Gasteiger partial charge in [-0.2, -0.15) is 0 Å². The van der Waals surface area contributed by atoms with Crippen molar-refractivity contribution in [3.8, 4) is 0 Å². The standard InChI is InChI=1S/C17H18N6O/c1-12-20-14-4-3-13(11-15(14)21-12)16(24)22-7-9-23(10-8-22)17-18-5-2-6-19-17/h2-6,11H,7-10H2,1H3,(H,20,21). The number of carbonyl (C=O) groups is 1. The van der Waals surface area contributed by atoms with Crippen LogP contribution < -0.4 is 4.90 Å². The van der Waals surface area contributed by atoms with E-state index in [0.717, 1.165) is 35.9 Å². The van der Waals surface area contributed by atoms with Gasteiger partial charge >= 0.3 is 0 Å². The van der Waals surface area contributed by atoms with E-state index in [4.69, 9.17) is 0 Å². The average Bonchev–Trinajstić information content (AvgIpc) is 3.01. The van der Waals surface area contributed by atoms with Crippen LogP contribution in [0.25, 0.3) is 11.0 Å². The van der Waals surface area contributed by atoms with Gasteiger partial charge in [0.1, 0.15) is 5.82 Å². The molecule has 3 aromatic rings. The zero-order chi connectivity index (χ0) is 16.5. The number of hydrogen-bond donors (Lipinski definition) is 1. The summed E-state index contributed by atoms with van der Waals surface area (Å²) in [4.78, 5) is 32.8. The number of aromatic amines is 1. The van der Waals surface area contributed by atoms with E-state index in [0.29, 0.717) is 18.7 Å². The van der Waals surface area contributed by atoms with Gasteiger partial charge in [0.25, 0.3) is 5.91 Å². The molecule has 0 bridgehead atoms. The number of rotatable bonds is 2. The van der Waals surface area contributed by atoms with Crippen LogP contribution in [0.15, 0.2) is 36.7 Å². The molecule has 0 aliphatic carbocycles. The Kier molecular flexibility index (Phi) is 3.60. The fourth-order valence-corrected chi connectivity index (χ4v) is 3.02. The molecule has 1 aromatic carbocycles. The molecule has 1 saturated heterocycles. The summed E-state index contributed by atoms with van der Waals surface area (Å²) in [5, 5.41) is 0. The van der Waals surface area contributed by atoms with E-state index in [-0.39, 0.29) is 5.91 Å². The summed E-state index contributed by atoms with van der Waals surface area (Å²) in [5.74, 6) is 1.63. The van der Waals surface area contributed by atoms with Crippen molar-refractivity contribution >= 4 is 22.9 Å². The van der Waals surface area contributed by atoms with Crippen LogP contribution in [-0.2, 0) is 0 Å². The quantitative estimate of drug-likeness (QED) is 0.776. The number of amides is 1. The van der Waals surface area contributed by atoms with Crippen LogP contribution in [0.4, 0.5) is 5.95 Å². The number of nitrogens with zero attached hydrogens (tertiary/aromatic N) is 5. The van der Waals surface area contributed by atoms with Crippen molar-refractivity contribution in [1.82, 2.24) is 24.8 Å². The van der Waals surface area contributed by atoms with Gasteiger partial charge < -0.3 is 14.8 Å². The minimum atomic E-state index is 0.0535. The number of H-pyrrole nitrogens is 1. The van der Waals surface area contributed by atoms with Gasteiger partial charge in [-0.3, -0.25) is 4.79 Å². The summed E-state index contributed by atoms with van der Waals surface area (Å²) in [7, 11) is 0. The lowest BCUT2D eigenvalue weighted by Crippen LogP contribution is -2.49. The molecule has 0 radical (unpaired) electrons. The predicted octanol–water partition coefficient (Wildman–Crippen LogP) is 1.62. The lowest BCUT2D eigenvalue weighted by atomic mass is 10.1. The normalized spacial score (nSPS) is 15.0. The Morgan fingerprint density at radius 3 is 2.62 bits per heavy atom. The van der Waals surface area contributed by atoms with Crippen molar-refractivity contribution in [3.63, 3.8) is 0 Å². The SMILES string of the molecule is Cc1nc2ccc(C(=O)N3CCN(c4ncccn4)CC3)cc2[nH]1. The first kappa shape index (κ1) is 14.6. The molecular weight excluding hydrogens is 304 g/mol. The van der Waals surface area contributed by atoms with Crippen molar-refractivity contribution in [1.29, 1.82) is 0 Å². The molecule has 1 N–H and O–H groups in total. The van der Waals surface area contributed by atoms with E-state index in [9.17, 15) is 4.79 Å². The van der Waals surface area contributed by atoms with Gasteiger partial charge in [-0.1, -0.05) is 0 Å². The van der Waals surface area contributed by atoms with Crippen LogP contribution >= 0.6 is 0 Å². The lowest BCUT2D eigenvalue weighted by molar-refractivity contribution is 0.0746. The van der Waals surface area contributed by atoms with Crippen molar-refractivity contribution < 1.29 is 4.79 Å². The summed E-state index contributed by atoms with van der Waals surface area (Å²) in [6.45, 7) is 4.71. The summed E-state index contributed by atoms with van der Waals surface area (Å²) in [6.07, 6.45) is 3.48. The molecule has 122 valence electrons. The molecule has 7 heteroatoms. The van der Waals surface area contributed by atoms with E-state index in [1.165, 1.54) is 0 Å². The van der Waals surface area contributed by atoms with E-state index < -0.39 is 0 Å². The minimum Gasteiger partial charge on any atom is -0.342 e. The number of anilines is 1. The third-order valence-corrected chi connectivity index (χ3v) is 4.25. The lowest BCUT2D eigenvalue weighted by Gasteiger charge is -2.34.